The van der Waals surface area contributed by atoms with E-state index in [0.29, 0.717) is 4.22 Å². The van der Waals surface area contributed by atoms with Crippen LogP contribution in [0.4, 0.5) is 0 Å². The van der Waals surface area contributed by atoms with Crippen molar-refractivity contribution >= 4 is 33.6 Å². The standard InChI is InChI=1S/C21H14N.C5H5.2ClH.Ti/c1-2-8-16-14-17(13-15(16)7-1)22-20-11-5-3-9-18(20)19-10-4-6-12-21(19)22;1-2-4-5-3-1;;;/h1-14H;1-3H,4H2;2*1H;/q;;;;+2/p-2. The van der Waals surface area contributed by atoms with E-state index in [4.69, 9.17) is 0 Å². The number of aromatic nitrogens is 1. The molecule has 0 spiro atoms. The zero-order valence-corrected chi connectivity index (χ0v) is 19.3. The first-order chi connectivity index (χ1) is 13.9. The van der Waals surface area contributed by atoms with Crippen LogP contribution < -0.4 is 24.8 Å². The summed E-state index contributed by atoms with van der Waals surface area (Å²) in [6.45, 7) is 0. The Morgan fingerprint density at radius 2 is 1.40 bits per heavy atom. The van der Waals surface area contributed by atoms with Crippen LogP contribution in [0, 0.1) is 0 Å². The van der Waals surface area contributed by atoms with Crippen molar-refractivity contribution in [2.45, 2.75) is 10.6 Å². The third-order valence-electron chi connectivity index (χ3n) is 5.85. The van der Waals surface area contributed by atoms with Gasteiger partial charge in [-0.15, -0.1) is 0 Å². The molecule has 6 rings (SSSR count). The first-order valence-corrected chi connectivity index (χ1v) is 11.5. The molecule has 0 bridgehead atoms. The van der Waals surface area contributed by atoms with Crippen molar-refractivity contribution in [1.82, 2.24) is 4.57 Å². The van der Waals surface area contributed by atoms with Gasteiger partial charge in [-0.3, -0.25) is 0 Å². The van der Waals surface area contributed by atoms with E-state index in [1.165, 1.54) is 38.6 Å². The molecule has 30 heavy (non-hydrogen) atoms. The number of rotatable bonds is 3. The second kappa shape index (κ2) is 8.61. The van der Waals surface area contributed by atoms with Gasteiger partial charge < -0.3 is 24.8 Å². The normalized spacial score (nSPS) is 16.5. The fourth-order valence-electron chi connectivity index (χ4n) is 4.59. The smallest absolute Gasteiger partial charge is 1.00 e. The molecule has 0 N–H and O–H groups in total. The van der Waals surface area contributed by atoms with Gasteiger partial charge in [0.1, 0.15) is 0 Å². The van der Waals surface area contributed by atoms with E-state index in [1.807, 2.05) is 0 Å². The molecule has 4 heteroatoms. The second-order valence-electron chi connectivity index (χ2n) is 7.47. The van der Waals surface area contributed by atoms with Crippen molar-refractivity contribution in [3.63, 3.8) is 0 Å². The molecule has 0 radical (unpaired) electrons. The van der Waals surface area contributed by atoms with E-state index in [1.54, 1.807) is 3.88 Å². The molecule has 1 unspecified atom stereocenters. The number of allylic oxidation sites excluding steroid dienone is 5. The maximum atomic E-state index is 2.53. The van der Waals surface area contributed by atoms with Crippen LogP contribution in [-0.2, 0) is 19.2 Å². The van der Waals surface area contributed by atoms with Crippen molar-refractivity contribution in [2.75, 3.05) is 0 Å². The largest absolute Gasteiger partial charge is 1.00 e. The summed E-state index contributed by atoms with van der Waals surface area (Å²) in [5, 5.41) is 2.69. The van der Waals surface area contributed by atoms with Crippen LogP contribution in [0.5, 0.6) is 0 Å². The van der Waals surface area contributed by atoms with E-state index in [0.717, 1.165) is 6.42 Å². The topological polar surface area (TPSA) is 4.93 Å². The first-order valence-electron chi connectivity index (χ1n) is 9.81. The maximum absolute atomic E-state index is 2.53. The summed E-state index contributed by atoms with van der Waals surface area (Å²) in [6, 6.07) is 26.6. The monoisotopic (exact) mass is 463 g/mol. The van der Waals surface area contributed by atoms with Crippen LogP contribution >= 0.6 is 0 Å². The van der Waals surface area contributed by atoms with Crippen molar-refractivity contribution in [3.8, 4) is 0 Å². The number of fused-ring (bicyclic) bond motifs is 4. The van der Waals surface area contributed by atoms with Gasteiger partial charge in [0.25, 0.3) is 0 Å². The molecule has 0 fully saturated rings. The van der Waals surface area contributed by atoms with Crippen molar-refractivity contribution in [3.05, 3.63) is 106 Å². The molecule has 2 aliphatic rings. The van der Waals surface area contributed by atoms with Gasteiger partial charge in [-0.1, -0.05) is 0 Å². The van der Waals surface area contributed by atoms with E-state index >= 15 is 0 Å². The summed E-state index contributed by atoms with van der Waals surface area (Å²) >= 11 is -0.286. The predicted octanol–water partition coefficient (Wildman–Crippen LogP) is 0.782. The number of hydrogen-bond acceptors (Lipinski definition) is 0. The van der Waals surface area contributed by atoms with Gasteiger partial charge in [0, 0.05) is 0 Å². The van der Waals surface area contributed by atoms with Gasteiger partial charge in [0.15, 0.2) is 0 Å². The quantitative estimate of drug-likeness (QED) is 0.396. The van der Waals surface area contributed by atoms with Gasteiger partial charge in [0.2, 0.25) is 0 Å². The molecule has 0 saturated carbocycles. The van der Waals surface area contributed by atoms with Crippen LogP contribution in [0.3, 0.4) is 0 Å². The Morgan fingerprint density at radius 1 is 0.767 bits per heavy atom. The molecular weight excluding hydrogens is 445 g/mol. The molecule has 1 aromatic heterocycles. The van der Waals surface area contributed by atoms with Crippen molar-refractivity contribution in [2.24, 2.45) is 0 Å². The van der Waals surface area contributed by atoms with E-state index in [9.17, 15) is 0 Å². The van der Waals surface area contributed by atoms with Crippen molar-refractivity contribution in [1.29, 1.82) is 0 Å². The number of para-hydroxylation sites is 2. The molecular formula is C26H19Cl2NTi. The summed E-state index contributed by atoms with van der Waals surface area (Å²) in [5.41, 5.74) is 6.98. The van der Waals surface area contributed by atoms with Gasteiger partial charge in [0.05, 0.1) is 0 Å². The minimum absolute atomic E-state index is 0. The molecule has 4 aromatic rings. The summed E-state index contributed by atoms with van der Waals surface area (Å²) < 4.78 is 4.69. The molecule has 1 heterocycles. The average Bonchev–Trinajstić information content (AvgIpc) is 3.45. The molecule has 1 atom stereocenters. The Morgan fingerprint density at radius 3 is 2.07 bits per heavy atom. The molecule has 3 aromatic carbocycles. The summed E-state index contributed by atoms with van der Waals surface area (Å²) in [5.74, 6) is 0. The number of nitrogens with zero attached hydrogens (tertiary/aromatic N) is 1. The molecule has 146 valence electrons. The van der Waals surface area contributed by atoms with Crippen LogP contribution in [0.25, 0.3) is 33.6 Å². The van der Waals surface area contributed by atoms with Crippen LogP contribution in [0.1, 0.15) is 21.8 Å². The molecule has 0 saturated heterocycles. The number of benzene rings is 3. The fraction of sp³-hybridized carbons (Fsp3) is 0.0769. The fourth-order valence-corrected chi connectivity index (χ4v) is 7.06. The van der Waals surface area contributed by atoms with Gasteiger partial charge in [-0.05, 0) is 0 Å². The van der Waals surface area contributed by atoms with Crippen LogP contribution in [-0.4, -0.2) is 4.57 Å². The van der Waals surface area contributed by atoms with E-state index in [2.05, 4.69) is 102 Å². The zero-order chi connectivity index (χ0) is 18.5. The minimum atomic E-state index is -0.286. The number of halogens is 2. The van der Waals surface area contributed by atoms with Gasteiger partial charge in [-0.2, -0.15) is 0 Å². The van der Waals surface area contributed by atoms with Crippen LogP contribution in [0.2, 0.25) is 0 Å². The molecule has 1 nitrogen and oxygen atoms in total. The molecule has 0 aliphatic heterocycles. The Balaban J connectivity index is 0.00000109. The average molecular weight is 464 g/mol. The molecule has 2 aliphatic carbocycles. The number of hydrogen-bond donors (Lipinski definition) is 0. The SMILES string of the molecule is C1=CC[C]([Ti+2][CH]2C(n3c4ccccc4c4ccccc43)=Cc3ccccc32)=C1.[Cl-].[Cl-]. The zero-order valence-electron chi connectivity index (χ0n) is 16.2. The van der Waals surface area contributed by atoms with Crippen LogP contribution in [0.15, 0.2) is 94.9 Å². The van der Waals surface area contributed by atoms with Gasteiger partial charge >= 0.3 is 174 Å². The molecule has 0 amide bonds. The third-order valence-corrected chi connectivity index (χ3v) is 8.40. The van der Waals surface area contributed by atoms with Gasteiger partial charge in [-0.25, -0.2) is 0 Å². The Bertz CT molecular complexity index is 1280. The third kappa shape index (κ3) is 3.31. The summed E-state index contributed by atoms with van der Waals surface area (Å²) in [4.78, 5) is 0. The Kier molecular flexibility index (Phi) is 6.09. The van der Waals surface area contributed by atoms with E-state index in [-0.39, 0.29) is 44.0 Å². The second-order valence-corrected chi connectivity index (χ2v) is 9.82. The predicted molar refractivity (Wildman–Crippen MR) is 115 cm³/mol. The maximum Gasteiger partial charge on any atom is -1.00 e. The van der Waals surface area contributed by atoms with Crippen molar-refractivity contribution < 1.29 is 44.0 Å². The minimum Gasteiger partial charge on any atom is -1.00 e. The summed E-state index contributed by atoms with van der Waals surface area (Å²) in [6.07, 6.45) is 10.4. The Labute approximate surface area is 197 Å². The first kappa shape index (κ1) is 21.2. The van der Waals surface area contributed by atoms with E-state index < -0.39 is 0 Å². The summed E-state index contributed by atoms with van der Waals surface area (Å²) in [7, 11) is 0. The Hall–Kier alpha value is -2.03.